The zero-order chi connectivity index (χ0) is 8.48. The van der Waals surface area contributed by atoms with Gasteiger partial charge in [0.1, 0.15) is 15.6 Å². The Morgan fingerprint density at radius 3 is 2.50 bits per heavy atom. The summed E-state index contributed by atoms with van der Waals surface area (Å²) in [6.07, 6.45) is 0.618. The Labute approximate surface area is 98.2 Å². The van der Waals surface area contributed by atoms with Gasteiger partial charge in [0.25, 0.3) is 0 Å². The van der Waals surface area contributed by atoms with Crippen molar-refractivity contribution in [2.75, 3.05) is 11.5 Å². The van der Waals surface area contributed by atoms with E-state index in [1.54, 1.807) is 11.8 Å². The van der Waals surface area contributed by atoms with Crippen LogP contribution in [0.5, 0.6) is 0 Å². The van der Waals surface area contributed by atoms with E-state index in [9.17, 15) is 13.0 Å². The van der Waals surface area contributed by atoms with Gasteiger partial charge in [0, 0.05) is 5.92 Å². The minimum atomic E-state index is -4.49. The SMILES string of the molecule is O=S(=O)([O-])C(O)C1CCSC1.[Na+]. The monoisotopic (exact) mass is 220 g/mol. The van der Waals surface area contributed by atoms with Crippen molar-refractivity contribution in [3.8, 4) is 0 Å². The Hall–Kier alpha value is 1.22. The summed E-state index contributed by atoms with van der Waals surface area (Å²) in [5, 5.41) is 8.97. The van der Waals surface area contributed by atoms with Crippen LogP contribution in [0.4, 0.5) is 0 Å². The molecule has 0 aromatic rings. The predicted molar refractivity (Wildman–Crippen MR) is 41.1 cm³/mol. The normalized spacial score (nSPS) is 26.3. The van der Waals surface area contributed by atoms with Crippen LogP contribution >= 0.6 is 11.8 Å². The summed E-state index contributed by atoms with van der Waals surface area (Å²) in [4.78, 5) is 0. The van der Waals surface area contributed by atoms with Crippen LogP contribution in [0.15, 0.2) is 0 Å². The Bertz CT molecular complexity index is 222. The molecule has 1 fully saturated rings. The molecule has 1 saturated heterocycles. The molecule has 0 aromatic carbocycles. The maximum Gasteiger partial charge on any atom is 1.00 e. The first-order valence-corrected chi connectivity index (χ1v) is 5.85. The Balaban J connectivity index is 0.00000121. The molecule has 1 rings (SSSR count). The van der Waals surface area contributed by atoms with Crippen LogP contribution in [-0.4, -0.2) is 35.0 Å². The Morgan fingerprint density at radius 1 is 1.58 bits per heavy atom. The van der Waals surface area contributed by atoms with Crippen LogP contribution in [0, 0.1) is 5.92 Å². The van der Waals surface area contributed by atoms with Crippen molar-refractivity contribution in [3.05, 3.63) is 0 Å². The molecule has 12 heavy (non-hydrogen) atoms. The first-order valence-electron chi connectivity index (χ1n) is 3.22. The molecular formula is C5H9NaO4S2. The van der Waals surface area contributed by atoms with Gasteiger partial charge in [-0.15, -0.1) is 0 Å². The van der Waals surface area contributed by atoms with E-state index >= 15 is 0 Å². The van der Waals surface area contributed by atoms with Crippen molar-refractivity contribution >= 4 is 21.9 Å². The first-order chi connectivity index (χ1) is 5.02. The van der Waals surface area contributed by atoms with E-state index in [1.807, 2.05) is 0 Å². The van der Waals surface area contributed by atoms with Crippen LogP contribution in [0.25, 0.3) is 0 Å². The molecule has 1 aliphatic heterocycles. The second kappa shape index (κ2) is 5.19. The fourth-order valence-electron chi connectivity index (χ4n) is 1.01. The summed E-state index contributed by atoms with van der Waals surface area (Å²) in [6, 6.07) is 0. The fraction of sp³-hybridized carbons (Fsp3) is 1.00. The number of thioether (sulfide) groups is 1. The molecule has 1 heterocycles. The smallest absolute Gasteiger partial charge is 0.746 e. The van der Waals surface area contributed by atoms with Crippen molar-refractivity contribution < 1.29 is 47.6 Å². The van der Waals surface area contributed by atoms with E-state index in [0.717, 1.165) is 5.75 Å². The molecule has 2 atom stereocenters. The van der Waals surface area contributed by atoms with Gasteiger partial charge in [-0.05, 0) is 17.9 Å². The second-order valence-electron chi connectivity index (χ2n) is 2.51. The third kappa shape index (κ3) is 3.53. The number of rotatable bonds is 2. The van der Waals surface area contributed by atoms with E-state index in [0.29, 0.717) is 12.2 Å². The molecule has 1 N–H and O–H groups in total. The van der Waals surface area contributed by atoms with E-state index in [4.69, 9.17) is 5.11 Å². The molecule has 0 amide bonds. The van der Waals surface area contributed by atoms with Crippen molar-refractivity contribution in [2.24, 2.45) is 5.92 Å². The summed E-state index contributed by atoms with van der Waals surface area (Å²) in [7, 11) is -4.49. The largest absolute Gasteiger partial charge is 1.00 e. The zero-order valence-corrected chi connectivity index (χ0v) is 10.4. The van der Waals surface area contributed by atoms with Gasteiger partial charge in [-0.1, -0.05) is 0 Å². The van der Waals surface area contributed by atoms with Crippen molar-refractivity contribution in [3.63, 3.8) is 0 Å². The van der Waals surface area contributed by atoms with Gasteiger partial charge in [-0.25, -0.2) is 8.42 Å². The average molecular weight is 220 g/mol. The molecule has 2 unspecified atom stereocenters. The van der Waals surface area contributed by atoms with E-state index < -0.39 is 15.6 Å². The molecule has 0 radical (unpaired) electrons. The van der Waals surface area contributed by atoms with E-state index in [-0.39, 0.29) is 35.5 Å². The van der Waals surface area contributed by atoms with Gasteiger partial charge < -0.3 is 9.66 Å². The van der Waals surface area contributed by atoms with Crippen LogP contribution in [0.2, 0.25) is 0 Å². The van der Waals surface area contributed by atoms with E-state index in [1.165, 1.54) is 0 Å². The first kappa shape index (κ1) is 13.2. The number of hydrogen-bond donors (Lipinski definition) is 1. The summed E-state index contributed by atoms with van der Waals surface area (Å²) >= 11 is 1.56. The van der Waals surface area contributed by atoms with Crippen molar-refractivity contribution in [1.29, 1.82) is 0 Å². The minimum absolute atomic E-state index is 0. The molecule has 66 valence electrons. The summed E-state index contributed by atoms with van der Waals surface area (Å²) in [6.45, 7) is 0. The number of aliphatic hydroxyl groups excluding tert-OH is 1. The molecular weight excluding hydrogens is 211 g/mol. The maximum atomic E-state index is 10.3. The van der Waals surface area contributed by atoms with Gasteiger partial charge in [-0.3, -0.25) is 0 Å². The van der Waals surface area contributed by atoms with Crippen molar-refractivity contribution in [2.45, 2.75) is 11.9 Å². The molecule has 0 spiro atoms. The number of aliphatic hydroxyl groups is 1. The second-order valence-corrected chi connectivity index (χ2v) is 5.13. The Morgan fingerprint density at radius 2 is 2.17 bits per heavy atom. The van der Waals surface area contributed by atoms with Gasteiger partial charge >= 0.3 is 29.6 Å². The summed E-state index contributed by atoms with van der Waals surface area (Å²) in [5.74, 6) is 1.04. The van der Waals surface area contributed by atoms with Gasteiger partial charge in [-0.2, -0.15) is 11.8 Å². The van der Waals surface area contributed by atoms with Gasteiger partial charge in [0.05, 0.1) is 0 Å². The fourth-order valence-corrected chi connectivity index (χ4v) is 3.13. The maximum absolute atomic E-state index is 10.3. The van der Waals surface area contributed by atoms with Gasteiger partial charge in [0.2, 0.25) is 0 Å². The number of hydrogen-bond acceptors (Lipinski definition) is 5. The molecule has 1 aliphatic rings. The quantitative estimate of drug-likeness (QED) is 0.388. The molecule has 7 heteroatoms. The van der Waals surface area contributed by atoms with Crippen LogP contribution < -0.4 is 29.6 Å². The topological polar surface area (TPSA) is 77.4 Å². The third-order valence-electron chi connectivity index (χ3n) is 1.66. The zero-order valence-electron chi connectivity index (χ0n) is 6.76. The van der Waals surface area contributed by atoms with Crippen molar-refractivity contribution in [1.82, 2.24) is 0 Å². The molecule has 0 aromatic heterocycles. The minimum Gasteiger partial charge on any atom is -0.746 e. The van der Waals surface area contributed by atoms with Crippen LogP contribution in [0.1, 0.15) is 6.42 Å². The van der Waals surface area contributed by atoms with Gasteiger partial charge in [0.15, 0.2) is 0 Å². The Kier molecular flexibility index (Phi) is 5.72. The molecule has 0 saturated carbocycles. The molecule has 0 bridgehead atoms. The molecule has 0 aliphatic carbocycles. The summed E-state index contributed by atoms with van der Waals surface area (Å²) in [5.41, 5.74) is -1.70. The predicted octanol–water partition coefficient (Wildman–Crippen LogP) is -3.39. The van der Waals surface area contributed by atoms with Crippen LogP contribution in [-0.2, 0) is 10.1 Å². The standard InChI is InChI=1S/C5H10O4S2.Na/c6-5(11(7,8)9)4-1-2-10-3-4;/h4-6H,1-3H2,(H,7,8,9);/q;+1/p-1. The van der Waals surface area contributed by atoms with Crippen LogP contribution in [0.3, 0.4) is 0 Å². The summed E-state index contributed by atoms with van der Waals surface area (Å²) < 4.78 is 30.9. The van der Waals surface area contributed by atoms with E-state index in [2.05, 4.69) is 0 Å². The third-order valence-corrected chi connectivity index (χ3v) is 3.83. The molecule has 4 nitrogen and oxygen atoms in total. The average Bonchev–Trinajstić information content (AvgIpc) is 2.34.